The van der Waals surface area contributed by atoms with Crippen molar-refractivity contribution >= 4 is 72.7 Å². The lowest BCUT2D eigenvalue weighted by Gasteiger charge is -2.58. The molecule has 6 fully saturated rings. The van der Waals surface area contributed by atoms with Crippen molar-refractivity contribution in [3.05, 3.63) is 49.6 Å². The molecular formula is C69H103N15O17P2. The van der Waals surface area contributed by atoms with Crippen LogP contribution in [0.4, 0.5) is 22.2 Å². The van der Waals surface area contributed by atoms with Gasteiger partial charge in [-0.3, -0.25) is 31.8 Å². The van der Waals surface area contributed by atoms with Crippen molar-refractivity contribution in [3.63, 3.8) is 0 Å². The number of hydrogen-bond donors (Lipinski definition) is 7. The first-order valence-corrected chi connectivity index (χ1v) is 40.0. The summed E-state index contributed by atoms with van der Waals surface area (Å²) in [5.41, 5.74) is 21.8. The van der Waals surface area contributed by atoms with Crippen molar-refractivity contribution in [1.29, 1.82) is 0 Å². The Morgan fingerprint density at radius 3 is 1.77 bits per heavy atom. The Kier molecular flexibility index (Phi) is 23.6. The second-order valence-corrected chi connectivity index (χ2v) is 33.3. The second-order valence-electron chi connectivity index (χ2n) is 30.5. The minimum Gasteiger partial charge on any atom is -0.434 e. The van der Waals surface area contributed by atoms with Gasteiger partial charge >= 0.3 is 21.8 Å². The molecule has 3 saturated carbocycles. The molecule has 34 heteroatoms. The number of phosphoric acid groups is 2. The van der Waals surface area contributed by atoms with E-state index in [1.807, 2.05) is 0 Å². The average molecular weight is 1480 g/mol. The molecule has 0 amide bonds. The molecule has 32 nitrogen and oxygen atoms in total. The highest BCUT2D eigenvalue weighted by Gasteiger charge is 2.60. The van der Waals surface area contributed by atoms with Gasteiger partial charge in [-0.15, -0.1) is 0 Å². The van der Waals surface area contributed by atoms with Crippen LogP contribution in [-0.2, 0) is 55.6 Å². The molecule has 3 saturated heterocycles. The molecule has 0 spiro atoms. The Balaban J connectivity index is 0.552. The van der Waals surface area contributed by atoms with E-state index in [2.05, 4.69) is 85.6 Å². The van der Waals surface area contributed by atoms with Crippen LogP contribution in [0.3, 0.4) is 0 Å². The number of ether oxygens (including phenoxy) is 6. The SMILES string of the molecule is CC(C)CCC[C@@H](C)C1CCC2C3CC=C4CC(OC(=O)OCCCCCCCCCCCO[C@H]5[C@@H](O)[C@H](n6cnc7c(N)ncnc76)O[C@@H]5COP(=O)(O)OC5C[C@@H](COP(=O)(O)OC6C[C@@H](CO)O[C@H]6n6cnc7c(N)ncnc76)O[C@H]5n5cnc6c(N)ncnc65)CC[C@]4(C)C3CC[C@@]21C. The minimum absolute atomic E-state index is 0.0252. The lowest BCUT2D eigenvalue weighted by atomic mass is 9.47. The molecule has 0 aromatic carbocycles. The summed E-state index contributed by atoms with van der Waals surface area (Å²) in [6.07, 6.45) is 19.6. The van der Waals surface area contributed by atoms with E-state index in [1.54, 1.807) is 0 Å². The Morgan fingerprint density at radius 1 is 0.641 bits per heavy atom. The summed E-state index contributed by atoms with van der Waals surface area (Å²) < 4.78 is 91.6. The number of phosphoric ester groups is 2. The second kappa shape index (κ2) is 32.2. The number of aliphatic hydroxyl groups excluding tert-OH is 2. The van der Waals surface area contributed by atoms with Gasteiger partial charge in [0.1, 0.15) is 72.2 Å². The number of fused-ring (bicyclic) bond motifs is 8. The molecule has 0 bridgehead atoms. The summed E-state index contributed by atoms with van der Waals surface area (Å²) in [7, 11) is -10.1. The molecule has 4 aliphatic carbocycles. The van der Waals surface area contributed by atoms with Gasteiger partial charge in [-0.2, -0.15) is 0 Å². The number of hydrogen-bond acceptors (Lipinski definition) is 27. The molecule has 0 radical (unpaired) electrons. The van der Waals surface area contributed by atoms with Crippen LogP contribution in [0, 0.1) is 46.3 Å². The number of aliphatic hydroxyl groups is 2. The molecular weight excluding hydrogens is 1370 g/mol. The van der Waals surface area contributed by atoms with Gasteiger partial charge in [-0.1, -0.05) is 110 Å². The quantitative estimate of drug-likeness (QED) is 0.00871. The third-order valence-corrected chi connectivity index (χ3v) is 25.5. The van der Waals surface area contributed by atoms with Crippen molar-refractivity contribution in [3.8, 4) is 0 Å². The maximum absolute atomic E-state index is 14.2. The predicted molar refractivity (Wildman–Crippen MR) is 375 cm³/mol. The number of unbranched alkanes of at least 4 members (excludes halogenated alkanes) is 8. The third kappa shape index (κ3) is 16.5. The molecule has 9 heterocycles. The van der Waals surface area contributed by atoms with E-state index >= 15 is 0 Å². The highest BCUT2D eigenvalue weighted by Crippen LogP contribution is 2.68. The minimum atomic E-state index is -5.12. The number of nitrogens with zero attached hydrogens (tertiary/aromatic N) is 12. The fourth-order valence-corrected chi connectivity index (χ4v) is 20.2. The summed E-state index contributed by atoms with van der Waals surface area (Å²) in [6.45, 7) is 11.3. The van der Waals surface area contributed by atoms with Crippen LogP contribution in [0.5, 0.6) is 0 Å². The van der Waals surface area contributed by atoms with Crippen LogP contribution < -0.4 is 17.2 Å². The number of nitrogen functional groups attached to an aromatic ring is 3. The first-order valence-electron chi connectivity index (χ1n) is 37.0. The number of nitrogens with two attached hydrogens (primary N) is 3. The number of carbonyl (C=O) groups excluding carboxylic acids is 1. The lowest BCUT2D eigenvalue weighted by molar-refractivity contribution is -0.0693. The number of imidazole rings is 3. The number of allylic oxidation sites excluding steroid dienone is 1. The summed E-state index contributed by atoms with van der Waals surface area (Å²) in [5.74, 6) is 4.96. The van der Waals surface area contributed by atoms with Crippen molar-refractivity contribution < 1.29 is 80.4 Å². The van der Waals surface area contributed by atoms with E-state index in [0.29, 0.717) is 18.4 Å². The number of anilines is 3. The van der Waals surface area contributed by atoms with Crippen LogP contribution in [-0.4, -0.2) is 167 Å². The van der Waals surface area contributed by atoms with Gasteiger partial charge in [0.05, 0.1) is 57.6 Å². The molecule has 6 aromatic rings. The number of rotatable bonds is 33. The number of aromatic nitrogens is 12. The van der Waals surface area contributed by atoms with Crippen molar-refractivity contribution in [2.45, 2.75) is 243 Å². The Hall–Kier alpha value is -5.96. The van der Waals surface area contributed by atoms with Gasteiger partial charge in [0.25, 0.3) is 0 Å². The first-order chi connectivity index (χ1) is 49.5. The summed E-state index contributed by atoms with van der Waals surface area (Å²) >= 11 is 0. The van der Waals surface area contributed by atoms with E-state index < -0.39 is 103 Å². The molecule has 13 rings (SSSR count). The van der Waals surface area contributed by atoms with Crippen LogP contribution in [0.1, 0.15) is 195 Å². The topological polar surface area (TPSA) is 433 Å². The maximum Gasteiger partial charge on any atom is 0.508 e. The fourth-order valence-electron chi connectivity index (χ4n) is 18.3. The highest BCUT2D eigenvalue weighted by molar-refractivity contribution is 7.47. The third-order valence-electron chi connectivity index (χ3n) is 23.5. The molecule has 3 aliphatic heterocycles. The van der Waals surface area contributed by atoms with E-state index in [-0.39, 0.29) is 81.9 Å². The van der Waals surface area contributed by atoms with E-state index in [4.69, 9.17) is 63.7 Å². The van der Waals surface area contributed by atoms with Crippen LogP contribution >= 0.6 is 15.6 Å². The maximum atomic E-state index is 14.2. The molecule has 9 unspecified atom stereocenters. The normalized spacial score (nSPS) is 32.2. The zero-order chi connectivity index (χ0) is 72.4. The zero-order valence-corrected chi connectivity index (χ0v) is 61.3. The average Bonchev–Trinajstić information content (AvgIpc) is 1.66. The molecule has 7 aliphatic rings. The van der Waals surface area contributed by atoms with E-state index in [1.165, 1.54) is 109 Å². The largest absolute Gasteiger partial charge is 0.508 e. The zero-order valence-electron chi connectivity index (χ0n) is 59.5. The van der Waals surface area contributed by atoms with Crippen molar-refractivity contribution in [2.24, 2.45) is 46.3 Å². The van der Waals surface area contributed by atoms with Crippen LogP contribution in [0.25, 0.3) is 33.5 Å². The van der Waals surface area contributed by atoms with Gasteiger partial charge in [0.2, 0.25) is 0 Å². The van der Waals surface area contributed by atoms with Crippen molar-refractivity contribution in [2.75, 3.05) is 50.2 Å². The molecule has 6 aromatic heterocycles. The Morgan fingerprint density at radius 2 is 1.18 bits per heavy atom. The Bertz CT molecular complexity index is 4020. The fraction of sp³-hybridized carbons (Fsp3) is 0.739. The van der Waals surface area contributed by atoms with Gasteiger partial charge in [0, 0.05) is 25.9 Å². The van der Waals surface area contributed by atoms with Gasteiger partial charge in [0.15, 0.2) is 53.1 Å². The number of carbonyl (C=O) groups is 1. The highest BCUT2D eigenvalue weighted by atomic mass is 31.2. The molecule has 10 N–H and O–H groups in total. The molecule has 20 atom stereocenters. The summed E-state index contributed by atoms with van der Waals surface area (Å²) in [5, 5.41) is 21.9. The smallest absolute Gasteiger partial charge is 0.434 e. The Labute approximate surface area is 598 Å². The monoisotopic (exact) mass is 1480 g/mol. The van der Waals surface area contributed by atoms with E-state index in [0.717, 1.165) is 106 Å². The predicted octanol–water partition coefficient (Wildman–Crippen LogP) is 10.5. The molecule has 566 valence electrons. The van der Waals surface area contributed by atoms with Gasteiger partial charge in [-0.25, -0.2) is 58.8 Å². The van der Waals surface area contributed by atoms with Crippen LogP contribution in [0.15, 0.2) is 49.6 Å². The molecule has 103 heavy (non-hydrogen) atoms. The summed E-state index contributed by atoms with van der Waals surface area (Å²) in [4.78, 5) is 73.5. The van der Waals surface area contributed by atoms with Gasteiger partial charge < -0.3 is 65.6 Å². The standard InChI is InChI=1S/C69H103N15O17P2/c1-40(2)16-15-17-41(3)47-20-21-48-46-19-18-42-28-43(22-24-68(42,4)49(46)23-25-69(47,48)5)98-67(87)93-27-14-12-10-8-6-7-9-11-13-26-92-57-52(99-66(56(57)86)84-39-81-55-60(72)75-36-78-63(55)84)33-95-103(90,91)101-51-30-45(97-65(51)83-38-80-54-59(71)74-35-77-62(54)83)32-94-102(88,89)100-50-29-44(31-85)96-64(50)82-37-79-53-58(70)73-34-76-61(53)82/h18,34-41,43-52,56-57,64-66,85-86H,6-17,19-33H2,1-5H3,(H,88,89)(H,90,91)(H2,70,73,76)(H2,71,74,77)(H2,72,75,78)/t41-,43?,44+,45+,46?,47?,48?,49?,50?,51?,52-,56-,57-,64-,65-,66-,68+,69-/m1/s1. The summed E-state index contributed by atoms with van der Waals surface area (Å²) in [6, 6.07) is 0. The first kappa shape index (κ1) is 75.3. The van der Waals surface area contributed by atoms with Crippen molar-refractivity contribution in [1.82, 2.24) is 58.6 Å². The van der Waals surface area contributed by atoms with Gasteiger partial charge in [-0.05, 0) is 104 Å². The lowest BCUT2D eigenvalue weighted by Crippen LogP contribution is -2.51. The van der Waals surface area contributed by atoms with E-state index in [9.17, 15) is 33.9 Å². The van der Waals surface area contributed by atoms with Crippen LogP contribution in [0.2, 0.25) is 0 Å².